The smallest absolute Gasteiger partial charge is 0.298 e. The second kappa shape index (κ2) is 8.23. The van der Waals surface area contributed by atoms with Gasteiger partial charge in [-0.05, 0) is 18.9 Å². The number of phenols is 1. The Balaban J connectivity index is 1.55. The highest BCUT2D eigenvalue weighted by molar-refractivity contribution is 5.87. The molecule has 0 aliphatic carbocycles. The van der Waals surface area contributed by atoms with Crippen molar-refractivity contribution in [3.05, 3.63) is 24.7 Å². The molecule has 3 N–H and O–H groups in total. The number of aromatic amines is 1. The molecule has 2 bridgehead atoms. The van der Waals surface area contributed by atoms with Crippen molar-refractivity contribution in [2.24, 2.45) is 0 Å². The van der Waals surface area contributed by atoms with Crippen LogP contribution in [0.15, 0.2) is 24.7 Å². The summed E-state index contributed by atoms with van der Waals surface area (Å²) in [5, 5.41) is 29.2. The number of ether oxygens (including phenoxy) is 2. The Morgan fingerprint density at radius 3 is 2.44 bits per heavy atom. The third kappa shape index (κ3) is 3.50. The first kappa shape index (κ1) is 19.9. The van der Waals surface area contributed by atoms with E-state index in [1.807, 2.05) is 0 Å². The van der Waals surface area contributed by atoms with Crippen molar-refractivity contribution in [1.29, 1.82) is 0 Å². The third-order valence-electron chi connectivity index (χ3n) is 5.66. The molecule has 2 saturated heterocycles. The summed E-state index contributed by atoms with van der Waals surface area (Å²) in [4.78, 5) is 28.9. The van der Waals surface area contributed by atoms with E-state index in [1.54, 1.807) is 0 Å². The van der Waals surface area contributed by atoms with Crippen LogP contribution in [0.5, 0.6) is 17.2 Å². The number of piperazine rings is 1. The summed E-state index contributed by atoms with van der Waals surface area (Å²) >= 11 is 0. The highest BCUT2D eigenvalue weighted by Gasteiger charge is 2.33. The molecule has 164 valence electrons. The number of rotatable bonds is 7. The minimum absolute atomic E-state index is 0.0214. The fourth-order valence-corrected chi connectivity index (χ4v) is 4.30. The first-order valence-corrected chi connectivity index (χ1v) is 9.98. The number of H-pyrrole nitrogens is 1. The first-order chi connectivity index (χ1) is 15.7. The lowest BCUT2D eigenvalue weighted by Gasteiger charge is -2.32. The summed E-state index contributed by atoms with van der Waals surface area (Å²) in [7, 11) is 0. The predicted octanol–water partition coefficient (Wildman–Crippen LogP) is 0.645. The molecule has 12 heteroatoms. The van der Waals surface area contributed by atoms with E-state index in [0.29, 0.717) is 23.6 Å². The van der Waals surface area contributed by atoms with Crippen molar-refractivity contribution in [2.45, 2.75) is 24.9 Å². The maximum atomic E-state index is 11.2. The second-order valence-electron chi connectivity index (χ2n) is 7.58. The number of benzene rings is 1. The lowest BCUT2D eigenvalue weighted by atomic mass is 10.0. The van der Waals surface area contributed by atoms with Crippen LogP contribution in [0.25, 0.3) is 22.4 Å². The molecule has 2 unspecified atom stereocenters. The summed E-state index contributed by atoms with van der Waals surface area (Å²) < 4.78 is 10.2. The van der Waals surface area contributed by atoms with Crippen LogP contribution in [-0.4, -0.2) is 68.6 Å². The van der Waals surface area contributed by atoms with Gasteiger partial charge >= 0.3 is 0 Å². The summed E-state index contributed by atoms with van der Waals surface area (Å²) in [6.45, 7) is 1.95. The molecule has 12 nitrogen and oxygen atoms in total. The van der Waals surface area contributed by atoms with Gasteiger partial charge in [-0.15, -0.1) is 10.2 Å². The van der Waals surface area contributed by atoms with Gasteiger partial charge in [0.05, 0.1) is 18.0 Å². The average molecular weight is 437 g/mol. The Morgan fingerprint density at radius 1 is 1.06 bits per heavy atom. The molecule has 2 fully saturated rings. The van der Waals surface area contributed by atoms with Crippen molar-refractivity contribution >= 4 is 18.9 Å². The number of phenolic OH excluding ortho intramolecular Hbond substituents is 1. The Labute approximate surface area is 181 Å². The van der Waals surface area contributed by atoms with Gasteiger partial charge in [0.1, 0.15) is 11.4 Å². The van der Waals surface area contributed by atoms with Gasteiger partial charge in [0.15, 0.2) is 11.5 Å². The van der Waals surface area contributed by atoms with Crippen molar-refractivity contribution in [1.82, 2.24) is 30.7 Å². The molecule has 0 saturated carbocycles. The van der Waals surface area contributed by atoms with Gasteiger partial charge in [-0.1, -0.05) is 0 Å². The molecule has 0 spiro atoms. The standard InChI is InChI=1S/C20H19N7O5/c28-9-31-18-14(11-4-22-23-5-11)3-16(30)17(19(18)32-10-29)15-6-21-20(26-25-15)27-7-12-1-2-13(8-27)24-12/h3-6,9-10,12-13,24,30H,1-2,7-8H2,(H,22,23). The molecule has 32 heavy (non-hydrogen) atoms. The summed E-state index contributed by atoms with van der Waals surface area (Å²) in [6, 6.07) is 2.18. The van der Waals surface area contributed by atoms with E-state index in [9.17, 15) is 14.7 Å². The van der Waals surface area contributed by atoms with Crippen molar-refractivity contribution in [3.63, 3.8) is 0 Å². The monoisotopic (exact) mass is 437 g/mol. The van der Waals surface area contributed by atoms with Crippen LogP contribution >= 0.6 is 0 Å². The number of carbonyl (C=O) groups is 2. The number of hydrogen-bond donors (Lipinski definition) is 3. The first-order valence-electron chi connectivity index (χ1n) is 9.98. The van der Waals surface area contributed by atoms with E-state index < -0.39 is 0 Å². The average Bonchev–Trinajstić information content (AvgIpc) is 3.45. The van der Waals surface area contributed by atoms with Crippen LogP contribution in [0.2, 0.25) is 0 Å². The lowest BCUT2D eigenvalue weighted by molar-refractivity contribution is -0.123. The molecular formula is C20H19N7O5. The fraction of sp³-hybridized carbons (Fsp3) is 0.300. The maximum Gasteiger partial charge on any atom is 0.298 e. The van der Waals surface area contributed by atoms with Crippen LogP contribution in [0, 0.1) is 0 Å². The predicted molar refractivity (Wildman–Crippen MR) is 110 cm³/mol. The van der Waals surface area contributed by atoms with Gasteiger partial charge in [0, 0.05) is 42.5 Å². The maximum absolute atomic E-state index is 11.2. The summed E-state index contributed by atoms with van der Waals surface area (Å²) in [6.07, 6.45) is 6.67. The van der Waals surface area contributed by atoms with Gasteiger partial charge in [0.2, 0.25) is 5.95 Å². The summed E-state index contributed by atoms with van der Waals surface area (Å²) in [5.41, 5.74) is 0.967. The summed E-state index contributed by atoms with van der Waals surface area (Å²) in [5.74, 6) is -0.0533. The number of fused-ring (bicyclic) bond motifs is 2. The van der Waals surface area contributed by atoms with Gasteiger partial charge < -0.3 is 24.8 Å². The molecule has 5 rings (SSSR count). The number of hydrogen-bond acceptors (Lipinski definition) is 11. The Morgan fingerprint density at radius 2 is 1.81 bits per heavy atom. The number of aromatic nitrogens is 5. The highest BCUT2D eigenvalue weighted by atomic mass is 16.6. The zero-order chi connectivity index (χ0) is 22.1. The molecule has 4 heterocycles. The number of aromatic hydroxyl groups is 1. The van der Waals surface area contributed by atoms with Crippen molar-refractivity contribution < 1.29 is 24.2 Å². The molecule has 2 aromatic heterocycles. The van der Waals surface area contributed by atoms with E-state index in [0.717, 1.165) is 25.9 Å². The zero-order valence-electron chi connectivity index (χ0n) is 16.8. The van der Waals surface area contributed by atoms with Crippen LogP contribution in [0.3, 0.4) is 0 Å². The van der Waals surface area contributed by atoms with Crippen LogP contribution in [-0.2, 0) is 9.59 Å². The topological polar surface area (TPSA) is 155 Å². The normalized spacial score (nSPS) is 19.6. The molecule has 2 atom stereocenters. The van der Waals surface area contributed by atoms with Crippen LogP contribution in [0.1, 0.15) is 12.8 Å². The van der Waals surface area contributed by atoms with E-state index in [2.05, 4.69) is 35.6 Å². The van der Waals surface area contributed by atoms with Crippen molar-refractivity contribution in [2.75, 3.05) is 18.0 Å². The lowest BCUT2D eigenvalue weighted by Crippen LogP contribution is -2.51. The van der Waals surface area contributed by atoms with Crippen LogP contribution in [0.4, 0.5) is 5.95 Å². The van der Waals surface area contributed by atoms with E-state index in [4.69, 9.17) is 9.47 Å². The Kier molecular flexibility index (Phi) is 5.11. The van der Waals surface area contributed by atoms with Crippen molar-refractivity contribution in [3.8, 4) is 39.6 Å². The molecule has 1 aromatic carbocycles. The van der Waals surface area contributed by atoms with E-state index >= 15 is 0 Å². The molecular weight excluding hydrogens is 418 g/mol. The highest BCUT2D eigenvalue weighted by Crippen LogP contribution is 2.49. The molecule has 3 aromatic rings. The molecule has 2 aliphatic rings. The largest absolute Gasteiger partial charge is 0.507 e. The van der Waals surface area contributed by atoms with Gasteiger partial charge in [-0.3, -0.25) is 14.7 Å². The van der Waals surface area contributed by atoms with E-state index in [1.165, 1.54) is 24.7 Å². The Hall–Kier alpha value is -4.06. The zero-order valence-corrected chi connectivity index (χ0v) is 16.8. The third-order valence-corrected chi connectivity index (χ3v) is 5.66. The van der Waals surface area contributed by atoms with Gasteiger partial charge in [0.25, 0.3) is 12.9 Å². The number of anilines is 1. The number of nitrogens with one attached hydrogen (secondary N) is 2. The molecule has 0 amide bonds. The van der Waals surface area contributed by atoms with Crippen LogP contribution < -0.4 is 19.7 Å². The van der Waals surface area contributed by atoms with E-state index in [-0.39, 0.29) is 47.0 Å². The second-order valence-corrected chi connectivity index (χ2v) is 7.58. The quantitative estimate of drug-likeness (QED) is 0.446. The minimum atomic E-state index is -0.264. The number of nitrogens with zero attached hydrogens (tertiary/aromatic N) is 5. The number of carbonyl (C=O) groups excluding carboxylic acids is 2. The van der Waals surface area contributed by atoms with Gasteiger partial charge in [-0.2, -0.15) is 5.10 Å². The SMILES string of the molecule is O=COc1c(-c2cn[nH]c2)cc(O)c(-c2cnc(N3CC4CCC(C3)N4)nn2)c1OC=O. The van der Waals surface area contributed by atoms with Gasteiger partial charge in [-0.25, -0.2) is 4.98 Å². The minimum Gasteiger partial charge on any atom is -0.507 e. The molecule has 0 radical (unpaired) electrons. The Bertz CT molecular complexity index is 1120. The fourth-order valence-electron chi connectivity index (χ4n) is 4.30. The molecule has 2 aliphatic heterocycles.